The van der Waals surface area contributed by atoms with Crippen molar-refractivity contribution in [2.75, 3.05) is 5.32 Å². The summed E-state index contributed by atoms with van der Waals surface area (Å²) in [7, 11) is 0. The van der Waals surface area contributed by atoms with E-state index in [2.05, 4.69) is 15.3 Å². The SMILES string of the molecule is Cc1cccc(-c2nc3sc(C(=O)Nc4ccccc4)c(C)c3c(=O)[nH]2)c1. The van der Waals surface area contributed by atoms with Gasteiger partial charge in [0.25, 0.3) is 11.5 Å². The number of hydrogen-bond acceptors (Lipinski definition) is 4. The zero-order chi connectivity index (χ0) is 19.0. The molecule has 2 heterocycles. The maximum atomic E-state index is 12.7. The molecule has 0 aliphatic heterocycles. The number of anilines is 1. The molecule has 0 bridgehead atoms. The van der Waals surface area contributed by atoms with Gasteiger partial charge in [0.15, 0.2) is 0 Å². The van der Waals surface area contributed by atoms with Crippen molar-refractivity contribution in [2.24, 2.45) is 0 Å². The van der Waals surface area contributed by atoms with E-state index in [1.165, 1.54) is 11.3 Å². The van der Waals surface area contributed by atoms with Crippen LogP contribution in [0.5, 0.6) is 0 Å². The van der Waals surface area contributed by atoms with Gasteiger partial charge in [0.05, 0.1) is 10.3 Å². The van der Waals surface area contributed by atoms with E-state index in [0.29, 0.717) is 32.2 Å². The molecule has 2 aromatic carbocycles. The number of carbonyl (C=O) groups excluding carboxylic acids is 1. The van der Waals surface area contributed by atoms with Gasteiger partial charge in [0.1, 0.15) is 10.7 Å². The van der Waals surface area contributed by atoms with Crippen LogP contribution in [-0.4, -0.2) is 15.9 Å². The largest absolute Gasteiger partial charge is 0.321 e. The molecule has 4 aromatic rings. The number of carbonyl (C=O) groups is 1. The van der Waals surface area contributed by atoms with Gasteiger partial charge in [-0.05, 0) is 37.6 Å². The fourth-order valence-electron chi connectivity index (χ4n) is 3.00. The summed E-state index contributed by atoms with van der Waals surface area (Å²) in [6, 6.07) is 17.0. The van der Waals surface area contributed by atoms with Crippen LogP contribution in [0.25, 0.3) is 21.6 Å². The number of nitrogens with one attached hydrogen (secondary N) is 2. The van der Waals surface area contributed by atoms with Crippen LogP contribution in [0.15, 0.2) is 59.4 Å². The predicted octanol–water partition coefficient (Wildman–Crippen LogP) is 4.52. The van der Waals surface area contributed by atoms with Gasteiger partial charge >= 0.3 is 0 Å². The number of fused-ring (bicyclic) bond motifs is 1. The highest BCUT2D eigenvalue weighted by atomic mass is 32.1. The quantitative estimate of drug-likeness (QED) is 0.553. The molecule has 0 radical (unpaired) electrons. The van der Waals surface area contributed by atoms with Crippen molar-refractivity contribution in [2.45, 2.75) is 13.8 Å². The summed E-state index contributed by atoms with van der Waals surface area (Å²) in [5, 5.41) is 3.33. The second-order valence-electron chi connectivity index (χ2n) is 6.34. The Balaban J connectivity index is 1.78. The fraction of sp³-hybridized carbons (Fsp3) is 0.0952. The molecule has 0 fully saturated rings. The minimum Gasteiger partial charge on any atom is -0.321 e. The van der Waals surface area contributed by atoms with Gasteiger partial charge in [-0.3, -0.25) is 9.59 Å². The molecule has 134 valence electrons. The summed E-state index contributed by atoms with van der Waals surface area (Å²) in [4.78, 5) is 33.8. The topological polar surface area (TPSA) is 74.8 Å². The first-order chi connectivity index (χ1) is 13.0. The average molecular weight is 375 g/mol. The number of hydrogen-bond donors (Lipinski definition) is 2. The Bertz CT molecular complexity index is 1210. The smallest absolute Gasteiger partial charge is 0.266 e. The number of para-hydroxylation sites is 1. The Kier molecular flexibility index (Phi) is 4.33. The predicted molar refractivity (Wildman–Crippen MR) is 110 cm³/mol. The third-order valence-electron chi connectivity index (χ3n) is 4.33. The van der Waals surface area contributed by atoms with Crippen LogP contribution in [-0.2, 0) is 0 Å². The van der Waals surface area contributed by atoms with E-state index in [-0.39, 0.29) is 11.5 Å². The lowest BCUT2D eigenvalue weighted by Gasteiger charge is -2.03. The first-order valence-corrected chi connectivity index (χ1v) is 9.31. The molecule has 1 amide bonds. The third-order valence-corrected chi connectivity index (χ3v) is 5.51. The van der Waals surface area contributed by atoms with Gasteiger partial charge in [0, 0.05) is 11.3 Å². The maximum Gasteiger partial charge on any atom is 0.266 e. The van der Waals surface area contributed by atoms with E-state index >= 15 is 0 Å². The van der Waals surface area contributed by atoms with Crippen LogP contribution in [0.4, 0.5) is 5.69 Å². The van der Waals surface area contributed by atoms with E-state index in [1.807, 2.05) is 61.5 Å². The monoisotopic (exact) mass is 375 g/mol. The second-order valence-corrected chi connectivity index (χ2v) is 7.34. The van der Waals surface area contributed by atoms with Crippen LogP contribution >= 0.6 is 11.3 Å². The average Bonchev–Trinajstić information content (AvgIpc) is 3.00. The molecule has 0 aliphatic carbocycles. The Morgan fingerprint density at radius 2 is 1.85 bits per heavy atom. The Morgan fingerprint density at radius 1 is 1.07 bits per heavy atom. The zero-order valence-electron chi connectivity index (χ0n) is 14.9. The van der Waals surface area contributed by atoms with Gasteiger partial charge in [-0.2, -0.15) is 0 Å². The van der Waals surface area contributed by atoms with E-state index in [1.54, 1.807) is 6.92 Å². The number of nitrogens with zero attached hydrogens (tertiary/aromatic N) is 1. The lowest BCUT2D eigenvalue weighted by atomic mass is 10.1. The number of amides is 1. The molecule has 0 unspecified atom stereocenters. The normalized spacial score (nSPS) is 10.9. The number of thiophene rings is 1. The Hall–Kier alpha value is -3.25. The lowest BCUT2D eigenvalue weighted by Crippen LogP contribution is -2.12. The van der Waals surface area contributed by atoms with Gasteiger partial charge in [-0.15, -0.1) is 11.3 Å². The van der Waals surface area contributed by atoms with Crippen LogP contribution < -0.4 is 10.9 Å². The minimum absolute atomic E-state index is 0.232. The number of aryl methyl sites for hydroxylation is 2. The second kappa shape index (κ2) is 6.81. The van der Waals surface area contributed by atoms with Crippen LogP contribution in [0.3, 0.4) is 0 Å². The molecule has 2 aromatic heterocycles. The molecule has 2 N–H and O–H groups in total. The molecular weight excluding hydrogens is 358 g/mol. The first-order valence-electron chi connectivity index (χ1n) is 8.50. The van der Waals surface area contributed by atoms with Crippen molar-refractivity contribution in [1.29, 1.82) is 0 Å². The third kappa shape index (κ3) is 3.27. The molecule has 6 heteroatoms. The van der Waals surface area contributed by atoms with Gasteiger partial charge in [-0.25, -0.2) is 4.98 Å². The Morgan fingerprint density at radius 3 is 2.59 bits per heavy atom. The first kappa shape index (κ1) is 17.2. The molecule has 27 heavy (non-hydrogen) atoms. The molecular formula is C21H17N3O2S. The van der Waals surface area contributed by atoms with Gasteiger partial charge in [-0.1, -0.05) is 42.0 Å². The van der Waals surface area contributed by atoms with Crippen LogP contribution in [0.2, 0.25) is 0 Å². The standard InChI is InChI=1S/C21H17N3O2S/c1-12-7-6-8-14(11-12)18-23-19(25)16-13(2)17(27-21(16)24-18)20(26)22-15-9-4-3-5-10-15/h3-11H,1-2H3,(H,22,26)(H,23,24,25). The van der Waals surface area contributed by atoms with Crippen molar-refractivity contribution in [3.05, 3.63) is 81.0 Å². The van der Waals surface area contributed by atoms with Crippen molar-refractivity contribution in [1.82, 2.24) is 9.97 Å². The lowest BCUT2D eigenvalue weighted by molar-refractivity contribution is 0.103. The van der Waals surface area contributed by atoms with Crippen molar-refractivity contribution < 1.29 is 4.79 Å². The number of aromatic nitrogens is 2. The highest BCUT2D eigenvalue weighted by Gasteiger charge is 2.19. The molecule has 0 aliphatic rings. The molecule has 0 spiro atoms. The molecule has 0 saturated carbocycles. The summed E-state index contributed by atoms with van der Waals surface area (Å²) in [5.74, 6) is 0.269. The number of rotatable bonds is 3. The van der Waals surface area contributed by atoms with E-state index < -0.39 is 0 Å². The molecule has 4 rings (SSSR count). The molecule has 0 atom stereocenters. The summed E-state index contributed by atoms with van der Waals surface area (Å²) in [6.07, 6.45) is 0. The summed E-state index contributed by atoms with van der Waals surface area (Å²) in [5.41, 5.74) is 3.05. The fourth-order valence-corrected chi connectivity index (χ4v) is 4.08. The zero-order valence-corrected chi connectivity index (χ0v) is 15.7. The van der Waals surface area contributed by atoms with E-state index in [4.69, 9.17) is 0 Å². The molecule has 0 saturated heterocycles. The van der Waals surface area contributed by atoms with E-state index in [0.717, 1.165) is 11.1 Å². The van der Waals surface area contributed by atoms with Crippen molar-refractivity contribution >= 4 is 33.1 Å². The highest BCUT2D eigenvalue weighted by Crippen LogP contribution is 2.29. The van der Waals surface area contributed by atoms with Crippen molar-refractivity contribution in [3.8, 4) is 11.4 Å². The van der Waals surface area contributed by atoms with Gasteiger partial charge in [0.2, 0.25) is 0 Å². The molecule has 5 nitrogen and oxygen atoms in total. The minimum atomic E-state index is -0.238. The number of H-pyrrole nitrogens is 1. The summed E-state index contributed by atoms with van der Waals surface area (Å²) >= 11 is 1.24. The number of benzene rings is 2. The van der Waals surface area contributed by atoms with Gasteiger partial charge < -0.3 is 10.3 Å². The van der Waals surface area contributed by atoms with E-state index in [9.17, 15) is 9.59 Å². The summed E-state index contributed by atoms with van der Waals surface area (Å²) in [6.45, 7) is 3.77. The van der Waals surface area contributed by atoms with Crippen LogP contribution in [0.1, 0.15) is 20.8 Å². The number of aromatic amines is 1. The maximum absolute atomic E-state index is 12.7. The summed E-state index contributed by atoms with van der Waals surface area (Å²) < 4.78 is 0. The highest BCUT2D eigenvalue weighted by molar-refractivity contribution is 7.20. The van der Waals surface area contributed by atoms with Crippen molar-refractivity contribution in [3.63, 3.8) is 0 Å². The van der Waals surface area contributed by atoms with Crippen LogP contribution in [0, 0.1) is 13.8 Å². The Labute approximate surface area is 159 Å².